The van der Waals surface area contributed by atoms with Crippen LogP contribution in [0.15, 0.2) is 12.3 Å². The number of hydrogen-bond donors (Lipinski definition) is 0. The van der Waals surface area contributed by atoms with Gasteiger partial charge in [-0.25, -0.2) is 4.98 Å². The van der Waals surface area contributed by atoms with Gasteiger partial charge >= 0.3 is 5.97 Å². The molecule has 1 atom stereocenters. The molecule has 104 valence electrons. The maximum Gasteiger partial charge on any atom is 0.310 e. The predicted octanol–water partition coefficient (Wildman–Crippen LogP) is 0.932. The summed E-state index contributed by atoms with van der Waals surface area (Å²) in [5.41, 5.74) is 0. The van der Waals surface area contributed by atoms with Crippen molar-refractivity contribution in [1.82, 2.24) is 9.97 Å². The van der Waals surface area contributed by atoms with E-state index < -0.39 is 0 Å². The average molecular weight is 264 g/mol. The Hall–Kier alpha value is -1.85. The van der Waals surface area contributed by atoms with E-state index in [0.717, 1.165) is 25.2 Å². The lowest BCUT2D eigenvalue weighted by Crippen LogP contribution is -2.39. The molecule has 1 unspecified atom stereocenters. The van der Waals surface area contributed by atoms with Crippen LogP contribution in [0.3, 0.4) is 0 Å². The van der Waals surface area contributed by atoms with Crippen molar-refractivity contribution in [2.45, 2.75) is 12.8 Å². The van der Waals surface area contributed by atoms with E-state index in [-0.39, 0.29) is 11.9 Å². The molecule has 1 aromatic rings. The molecule has 1 aliphatic rings. The summed E-state index contributed by atoms with van der Waals surface area (Å²) in [6.07, 6.45) is 3.61. The zero-order valence-corrected chi connectivity index (χ0v) is 11.7. The summed E-state index contributed by atoms with van der Waals surface area (Å²) in [5.74, 6) is 1.35. The fourth-order valence-electron chi connectivity index (χ4n) is 2.28. The third-order valence-corrected chi connectivity index (χ3v) is 3.31. The Morgan fingerprint density at radius 3 is 3.00 bits per heavy atom. The second-order valence-corrected chi connectivity index (χ2v) is 4.92. The summed E-state index contributed by atoms with van der Waals surface area (Å²) in [6, 6.07) is 1.88. The highest BCUT2D eigenvalue weighted by molar-refractivity contribution is 5.73. The quantitative estimate of drug-likeness (QED) is 0.757. The van der Waals surface area contributed by atoms with Gasteiger partial charge in [-0.2, -0.15) is 4.98 Å². The highest BCUT2D eigenvalue weighted by Crippen LogP contribution is 2.23. The van der Waals surface area contributed by atoms with Crippen molar-refractivity contribution in [1.29, 1.82) is 0 Å². The number of esters is 1. The van der Waals surface area contributed by atoms with Crippen molar-refractivity contribution in [3.8, 4) is 0 Å². The van der Waals surface area contributed by atoms with Crippen molar-refractivity contribution in [2.24, 2.45) is 5.92 Å². The van der Waals surface area contributed by atoms with Gasteiger partial charge in [0.25, 0.3) is 0 Å². The highest BCUT2D eigenvalue weighted by atomic mass is 16.5. The number of carbonyl (C=O) groups is 1. The molecule has 6 nitrogen and oxygen atoms in total. The van der Waals surface area contributed by atoms with Crippen LogP contribution in [0, 0.1) is 5.92 Å². The van der Waals surface area contributed by atoms with Gasteiger partial charge in [0.2, 0.25) is 5.95 Å². The summed E-state index contributed by atoms with van der Waals surface area (Å²) < 4.78 is 4.83. The van der Waals surface area contributed by atoms with Gasteiger partial charge in [0.15, 0.2) is 0 Å². The number of nitrogens with zero attached hydrogens (tertiary/aromatic N) is 4. The maximum atomic E-state index is 11.6. The standard InChI is InChI=1S/C13H20N4O2/c1-16(2)13-14-7-6-11(15-13)17-8-4-5-10(9-17)12(18)19-3/h6-7,10H,4-5,8-9H2,1-3H3. The Bertz CT molecular complexity index is 450. The lowest BCUT2D eigenvalue weighted by atomic mass is 9.98. The molecule has 19 heavy (non-hydrogen) atoms. The second kappa shape index (κ2) is 5.86. The topological polar surface area (TPSA) is 58.6 Å². The van der Waals surface area contributed by atoms with E-state index in [1.807, 2.05) is 25.1 Å². The molecule has 1 fully saturated rings. The average Bonchev–Trinajstić information content (AvgIpc) is 2.46. The minimum atomic E-state index is -0.133. The van der Waals surface area contributed by atoms with E-state index in [4.69, 9.17) is 4.74 Å². The van der Waals surface area contributed by atoms with Crippen molar-refractivity contribution >= 4 is 17.7 Å². The first-order valence-corrected chi connectivity index (χ1v) is 6.45. The van der Waals surface area contributed by atoms with Crippen LogP contribution in [0.1, 0.15) is 12.8 Å². The van der Waals surface area contributed by atoms with Crippen LogP contribution in [-0.4, -0.2) is 50.2 Å². The predicted molar refractivity (Wildman–Crippen MR) is 73.3 cm³/mol. The first-order valence-electron chi connectivity index (χ1n) is 6.45. The van der Waals surface area contributed by atoms with Gasteiger partial charge < -0.3 is 14.5 Å². The van der Waals surface area contributed by atoms with Crippen LogP contribution in [0.2, 0.25) is 0 Å². The monoisotopic (exact) mass is 264 g/mol. The molecule has 6 heteroatoms. The summed E-state index contributed by atoms with van der Waals surface area (Å²) >= 11 is 0. The molecule has 0 bridgehead atoms. The van der Waals surface area contributed by atoms with Crippen LogP contribution in [0.4, 0.5) is 11.8 Å². The molecule has 0 aliphatic carbocycles. The molecule has 2 heterocycles. The van der Waals surface area contributed by atoms with Gasteiger partial charge in [-0.15, -0.1) is 0 Å². The van der Waals surface area contributed by atoms with E-state index >= 15 is 0 Å². The van der Waals surface area contributed by atoms with Crippen molar-refractivity contribution in [2.75, 3.05) is 44.1 Å². The number of carbonyl (C=O) groups excluding carboxylic acids is 1. The fourth-order valence-corrected chi connectivity index (χ4v) is 2.28. The first-order chi connectivity index (χ1) is 9.11. The molecule has 0 amide bonds. The molecule has 0 aromatic carbocycles. The van der Waals surface area contributed by atoms with Crippen molar-refractivity contribution in [3.63, 3.8) is 0 Å². The van der Waals surface area contributed by atoms with E-state index in [1.165, 1.54) is 7.11 Å². The largest absolute Gasteiger partial charge is 0.469 e. The number of methoxy groups -OCH3 is 1. The lowest BCUT2D eigenvalue weighted by Gasteiger charge is -2.32. The zero-order valence-electron chi connectivity index (χ0n) is 11.7. The Labute approximate surface area is 113 Å². The molecule has 2 rings (SSSR count). The molecule has 0 spiro atoms. The van der Waals surface area contributed by atoms with Crippen LogP contribution in [0.25, 0.3) is 0 Å². The van der Waals surface area contributed by atoms with E-state index in [0.29, 0.717) is 12.5 Å². The van der Waals surface area contributed by atoms with Gasteiger partial charge in [-0.3, -0.25) is 4.79 Å². The number of anilines is 2. The molecular weight excluding hydrogens is 244 g/mol. The van der Waals surface area contributed by atoms with Crippen LogP contribution in [0.5, 0.6) is 0 Å². The number of ether oxygens (including phenoxy) is 1. The van der Waals surface area contributed by atoms with Crippen molar-refractivity contribution < 1.29 is 9.53 Å². The Morgan fingerprint density at radius 1 is 1.53 bits per heavy atom. The summed E-state index contributed by atoms with van der Waals surface area (Å²) in [7, 11) is 5.26. The fraction of sp³-hybridized carbons (Fsp3) is 0.615. The molecule has 0 radical (unpaired) electrons. The number of aromatic nitrogens is 2. The van der Waals surface area contributed by atoms with E-state index in [1.54, 1.807) is 6.20 Å². The van der Waals surface area contributed by atoms with E-state index in [2.05, 4.69) is 14.9 Å². The molecule has 1 saturated heterocycles. The third-order valence-electron chi connectivity index (χ3n) is 3.31. The summed E-state index contributed by atoms with van der Waals surface area (Å²) in [4.78, 5) is 24.3. The first kappa shape index (κ1) is 13.6. The van der Waals surface area contributed by atoms with Crippen LogP contribution in [-0.2, 0) is 9.53 Å². The minimum Gasteiger partial charge on any atom is -0.469 e. The Morgan fingerprint density at radius 2 is 2.32 bits per heavy atom. The second-order valence-electron chi connectivity index (χ2n) is 4.92. The van der Waals surface area contributed by atoms with E-state index in [9.17, 15) is 4.79 Å². The molecule has 1 aliphatic heterocycles. The zero-order chi connectivity index (χ0) is 13.8. The van der Waals surface area contributed by atoms with Gasteiger partial charge in [-0.05, 0) is 18.9 Å². The number of hydrogen-bond acceptors (Lipinski definition) is 6. The lowest BCUT2D eigenvalue weighted by molar-refractivity contribution is -0.145. The number of rotatable bonds is 3. The normalized spacial score (nSPS) is 19.1. The van der Waals surface area contributed by atoms with Gasteiger partial charge in [-0.1, -0.05) is 0 Å². The van der Waals surface area contributed by atoms with Gasteiger partial charge in [0.05, 0.1) is 13.0 Å². The number of piperidine rings is 1. The molecule has 1 aromatic heterocycles. The highest BCUT2D eigenvalue weighted by Gasteiger charge is 2.27. The van der Waals surface area contributed by atoms with Gasteiger partial charge in [0, 0.05) is 33.4 Å². The summed E-state index contributed by atoms with van der Waals surface area (Å²) in [6.45, 7) is 1.58. The Kier molecular flexibility index (Phi) is 4.19. The Balaban J connectivity index is 2.13. The maximum absolute atomic E-state index is 11.6. The third kappa shape index (κ3) is 3.13. The molecular formula is C13H20N4O2. The summed E-state index contributed by atoms with van der Waals surface area (Å²) in [5, 5.41) is 0. The van der Waals surface area contributed by atoms with Crippen molar-refractivity contribution in [3.05, 3.63) is 12.3 Å². The smallest absolute Gasteiger partial charge is 0.310 e. The SMILES string of the molecule is COC(=O)C1CCCN(c2ccnc(N(C)C)n2)C1. The molecule has 0 saturated carbocycles. The van der Waals surface area contributed by atoms with Crippen LogP contribution >= 0.6 is 0 Å². The minimum absolute atomic E-state index is 0.0588. The van der Waals surface area contributed by atoms with Crippen LogP contribution < -0.4 is 9.80 Å². The molecule has 0 N–H and O–H groups in total. The van der Waals surface area contributed by atoms with Gasteiger partial charge in [0.1, 0.15) is 5.82 Å².